The third-order valence-corrected chi connectivity index (χ3v) is 3.19. The minimum absolute atomic E-state index is 0.449. The Morgan fingerprint density at radius 3 is 2.63 bits per heavy atom. The van der Waals surface area contributed by atoms with Crippen LogP contribution in [0.2, 0.25) is 0 Å². The van der Waals surface area contributed by atoms with Crippen LogP contribution in [0.4, 0.5) is 5.69 Å². The van der Waals surface area contributed by atoms with Gasteiger partial charge in [-0.2, -0.15) is 0 Å². The van der Waals surface area contributed by atoms with Gasteiger partial charge in [-0.25, -0.2) is 0 Å². The Morgan fingerprint density at radius 1 is 1.42 bits per heavy atom. The van der Waals surface area contributed by atoms with Crippen LogP contribution in [0, 0.1) is 12.8 Å². The van der Waals surface area contributed by atoms with Gasteiger partial charge in [0.15, 0.2) is 0 Å². The number of aryl methyl sites for hydroxylation is 1. The van der Waals surface area contributed by atoms with Crippen molar-refractivity contribution in [1.82, 2.24) is 0 Å². The van der Waals surface area contributed by atoms with E-state index in [1.54, 1.807) is 7.11 Å². The molecule has 1 aromatic carbocycles. The van der Waals surface area contributed by atoms with Crippen LogP contribution in [0.5, 0.6) is 0 Å². The molecule has 1 aromatic rings. The minimum atomic E-state index is 0.449. The van der Waals surface area contributed by atoms with E-state index >= 15 is 0 Å². The van der Waals surface area contributed by atoms with Crippen LogP contribution in [0.3, 0.4) is 0 Å². The van der Waals surface area contributed by atoms with E-state index in [4.69, 9.17) is 22.7 Å². The average molecular weight is 280 g/mol. The van der Waals surface area contributed by atoms with Crippen LogP contribution in [0.1, 0.15) is 25.0 Å². The molecule has 0 saturated heterocycles. The van der Waals surface area contributed by atoms with Gasteiger partial charge in [-0.05, 0) is 24.5 Å². The Kier molecular flexibility index (Phi) is 6.25. The van der Waals surface area contributed by atoms with Gasteiger partial charge < -0.3 is 15.4 Å². The number of nitrogens with zero attached hydrogens (tertiary/aromatic N) is 1. The van der Waals surface area contributed by atoms with E-state index in [2.05, 4.69) is 31.7 Å². The van der Waals surface area contributed by atoms with Gasteiger partial charge in [0, 0.05) is 31.5 Å². The van der Waals surface area contributed by atoms with Crippen molar-refractivity contribution in [1.29, 1.82) is 0 Å². The molecule has 0 radical (unpaired) electrons. The first kappa shape index (κ1) is 15.9. The number of rotatable bonds is 7. The lowest BCUT2D eigenvalue weighted by atomic mass is 10.0. The largest absolute Gasteiger partial charge is 0.389 e. The maximum atomic E-state index is 5.85. The predicted octanol–water partition coefficient (Wildman–Crippen LogP) is 2.74. The van der Waals surface area contributed by atoms with Crippen molar-refractivity contribution in [2.75, 3.05) is 31.7 Å². The lowest BCUT2D eigenvalue weighted by Gasteiger charge is -2.30. The lowest BCUT2D eigenvalue weighted by Crippen LogP contribution is -2.33. The molecule has 0 aliphatic rings. The van der Waals surface area contributed by atoms with E-state index in [1.807, 2.05) is 12.1 Å². The number of methoxy groups -OCH3 is 1. The van der Waals surface area contributed by atoms with Crippen LogP contribution in [0.25, 0.3) is 0 Å². The summed E-state index contributed by atoms with van der Waals surface area (Å²) in [6, 6.07) is 6.08. The molecule has 4 heteroatoms. The molecule has 0 bridgehead atoms. The Hall–Kier alpha value is -1.13. The van der Waals surface area contributed by atoms with Crippen molar-refractivity contribution < 1.29 is 4.74 Å². The average Bonchev–Trinajstić information content (AvgIpc) is 2.33. The molecule has 0 aliphatic carbocycles. The van der Waals surface area contributed by atoms with Gasteiger partial charge in [0.25, 0.3) is 0 Å². The second-order valence-electron chi connectivity index (χ2n) is 5.17. The number of hydrogen-bond acceptors (Lipinski definition) is 3. The van der Waals surface area contributed by atoms with Gasteiger partial charge in [0.2, 0.25) is 0 Å². The van der Waals surface area contributed by atoms with Crippen molar-refractivity contribution in [3.8, 4) is 0 Å². The molecule has 19 heavy (non-hydrogen) atoms. The molecule has 0 amide bonds. The highest BCUT2D eigenvalue weighted by Crippen LogP contribution is 2.26. The summed E-state index contributed by atoms with van der Waals surface area (Å²) in [4.78, 5) is 2.77. The summed E-state index contributed by atoms with van der Waals surface area (Å²) in [7, 11) is 1.72. The molecule has 106 valence electrons. The molecular formula is C15H24N2OS. The highest BCUT2D eigenvalue weighted by Gasteiger charge is 2.16. The molecule has 0 heterocycles. The standard InChI is InChI=1S/C15H24N2OS/c1-11(2)10-17(8-9-18-4)14-12(3)6-5-7-13(14)15(16)19/h5-7,11H,8-10H2,1-4H3,(H2,16,19). The summed E-state index contributed by atoms with van der Waals surface area (Å²) in [5, 5.41) is 0. The van der Waals surface area contributed by atoms with Crippen LogP contribution < -0.4 is 10.6 Å². The van der Waals surface area contributed by atoms with Crippen LogP contribution >= 0.6 is 12.2 Å². The first-order valence-electron chi connectivity index (χ1n) is 6.60. The molecule has 0 aliphatic heterocycles. The third kappa shape index (κ3) is 4.48. The van der Waals surface area contributed by atoms with Crippen molar-refractivity contribution >= 4 is 22.9 Å². The number of thiocarbonyl (C=S) groups is 1. The molecule has 0 fully saturated rings. The zero-order valence-corrected chi connectivity index (χ0v) is 13.1. The Balaban J connectivity index is 3.15. The van der Waals surface area contributed by atoms with E-state index in [9.17, 15) is 0 Å². The van der Waals surface area contributed by atoms with Gasteiger partial charge in [-0.15, -0.1) is 0 Å². The number of anilines is 1. The second kappa shape index (κ2) is 7.46. The fourth-order valence-electron chi connectivity index (χ4n) is 2.21. The zero-order valence-electron chi connectivity index (χ0n) is 12.3. The van der Waals surface area contributed by atoms with Gasteiger partial charge >= 0.3 is 0 Å². The summed E-state index contributed by atoms with van der Waals surface area (Å²) in [5.41, 5.74) is 9.14. The summed E-state index contributed by atoms with van der Waals surface area (Å²) in [5.74, 6) is 0.565. The molecule has 1 rings (SSSR count). The zero-order chi connectivity index (χ0) is 14.4. The molecule has 0 saturated carbocycles. The molecule has 0 spiro atoms. The highest BCUT2D eigenvalue weighted by molar-refractivity contribution is 7.80. The van der Waals surface area contributed by atoms with Gasteiger partial charge in [0.05, 0.1) is 6.61 Å². The quantitative estimate of drug-likeness (QED) is 0.780. The molecule has 0 atom stereocenters. The number of hydrogen-bond donors (Lipinski definition) is 1. The first-order chi connectivity index (χ1) is 8.97. The van der Waals surface area contributed by atoms with Gasteiger partial charge in [-0.3, -0.25) is 0 Å². The minimum Gasteiger partial charge on any atom is -0.389 e. The second-order valence-corrected chi connectivity index (χ2v) is 5.61. The van der Waals surface area contributed by atoms with Crippen molar-refractivity contribution in [2.24, 2.45) is 11.7 Å². The summed E-state index contributed by atoms with van der Waals surface area (Å²) < 4.78 is 5.21. The van der Waals surface area contributed by atoms with Gasteiger partial charge in [-0.1, -0.05) is 38.2 Å². The molecule has 0 unspecified atom stereocenters. The number of ether oxygens (including phenoxy) is 1. The van der Waals surface area contributed by atoms with Gasteiger partial charge in [0.1, 0.15) is 4.99 Å². The fraction of sp³-hybridized carbons (Fsp3) is 0.533. The maximum absolute atomic E-state index is 5.85. The Bertz CT molecular complexity index is 432. The number of benzene rings is 1. The maximum Gasteiger partial charge on any atom is 0.106 e. The normalized spacial score (nSPS) is 10.8. The lowest BCUT2D eigenvalue weighted by molar-refractivity contribution is 0.204. The van der Waals surface area contributed by atoms with Crippen LogP contribution in [0.15, 0.2) is 18.2 Å². The molecular weight excluding hydrogens is 256 g/mol. The molecule has 2 N–H and O–H groups in total. The summed E-state index contributed by atoms with van der Waals surface area (Å²) in [6.07, 6.45) is 0. The smallest absolute Gasteiger partial charge is 0.106 e. The van der Waals surface area contributed by atoms with E-state index < -0.39 is 0 Å². The van der Waals surface area contributed by atoms with E-state index in [0.717, 1.165) is 24.3 Å². The summed E-state index contributed by atoms with van der Waals surface area (Å²) >= 11 is 5.17. The van der Waals surface area contributed by atoms with Crippen LogP contribution in [-0.2, 0) is 4.74 Å². The highest BCUT2D eigenvalue weighted by atomic mass is 32.1. The summed E-state index contributed by atoms with van der Waals surface area (Å²) in [6.45, 7) is 9.01. The van der Waals surface area contributed by atoms with E-state index in [1.165, 1.54) is 5.56 Å². The Labute approximate surface area is 121 Å². The van der Waals surface area contributed by atoms with Crippen LogP contribution in [-0.4, -0.2) is 31.8 Å². The van der Waals surface area contributed by atoms with Crippen molar-refractivity contribution in [3.05, 3.63) is 29.3 Å². The van der Waals surface area contributed by atoms with Crippen molar-refractivity contribution in [3.63, 3.8) is 0 Å². The Morgan fingerprint density at radius 2 is 2.11 bits per heavy atom. The predicted molar refractivity (Wildman–Crippen MR) is 86.0 cm³/mol. The molecule has 0 aromatic heterocycles. The third-order valence-electron chi connectivity index (χ3n) is 2.97. The monoisotopic (exact) mass is 280 g/mol. The van der Waals surface area contributed by atoms with E-state index in [0.29, 0.717) is 17.5 Å². The molecule has 3 nitrogen and oxygen atoms in total. The first-order valence-corrected chi connectivity index (χ1v) is 7.01. The number of para-hydroxylation sites is 1. The topological polar surface area (TPSA) is 38.5 Å². The fourth-order valence-corrected chi connectivity index (χ4v) is 2.38. The SMILES string of the molecule is COCCN(CC(C)C)c1c(C)cccc1C(N)=S. The number of nitrogens with two attached hydrogens (primary N) is 1. The van der Waals surface area contributed by atoms with E-state index in [-0.39, 0.29) is 0 Å². The van der Waals surface area contributed by atoms with Crippen molar-refractivity contribution in [2.45, 2.75) is 20.8 Å².